The summed E-state index contributed by atoms with van der Waals surface area (Å²) in [6.45, 7) is 0. The molecule has 2 rings (SSSR count). The molecule has 2 aromatic rings. The van der Waals surface area contributed by atoms with Gasteiger partial charge in [-0.05, 0) is 46.4 Å². The van der Waals surface area contributed by atoms with Gasteiger partial charge in [0.15, 0.2) is 0 Å². The summed E-state index contributed by atoms with van der Waals surface area (Å²) in [4.78, 5) is 4.14. The Hall–Kier alpha value is -0.940. The summed E-state index contributed by atoms with van der Waals surface area (Å²) >= 11 is 2.21. The molecule has 15 heavy (non-hydrogen) atoms. The highest BCUT2D eigenvalue weighted by Crippen LogP contribution is 2.24. The lowest BCUT2D eigenvalue weighted by Crippen LogP contribution is -2.03. The fraction of sp³-hybridized carbons (Fsp3) is 0.0833. The topological polar surface area (TPSA) is 33.1 Å². The van der Waals surface area contributed by atoms with E-state index >= 15 is 0 Å². The first-order valence-corrected chi connectivity index (χ1v) is 5.70. The van der Waals surface area contributed by atoms with E-state index in [0.717, 1.165) is 9.13 Å². The van der Waals surface area contributed by atoms with Gasteiger partial charge in [-0.1, -0.05) is 24.3 Å². The molecule has 0 radical (unpaired) electrons. The third-order valence-electron chi connectivity index (χ3n) is 2.17. The first kappa shape index (κ1) is 10.6. The molecule has 0 bridgehead atoms. The van der Waals surface area contributed by atoms with Gasteiger partial charge in [0.2, 0.25) is 0 Å². The number of aliphatic hydroxyl groups is 1. The number of pyridine rings is 1. The van der Waals surface area contributed by atoms with Crippen molar-refractivity contribution in [2.24, 2.45) is 0 Å². The lowest BCUT2D eigenvalue weighted by atomic mass is 10.1. The zero-order valence-electron chi connectivity index (χ0n) is 7.97. The Bertz CT molecular complexity index is 444. The Morgan fingerprint density at radius 3 is 2.47 bits per heavy atom. The Balaban J connectivity index is 2.37. The molecule has 0 aliphatic rings. The van der Waals surface area contributed by atoms with E-state index in [1.807, 2.05) is 42.5 Å². The van der Waals surface area contributed by atoms with Gasteiger partial charge in [0.05, 0.1) is 5.69 Å². The van der Waals surface area contributed by atoms with Crippen molar-refractivity contribution in [1.29, 1.82) is 0 Å². The van der Waals surface area contributed by atoms with Crippen LogP contribution in [0.5, 0.6) is 0 Å². The van der Waals surface area contributed by atoms with Crippen LogP contribution in [0.25, 0.3) is 0 Å². The van der Waals surface area contributed by atoms with Gasteiger partial charge in [0, 0.05) is 9.77 Å². The summed E-state index contributed by atoms with van der Waals surface area (Å²) in [7, 11) is 0. The van der Waals surface area contributed by atoms with E-state index in [2.05, 4.69) is 27.6 Å². The second-order valence-electron chi connectivity index (χ2n) is 3.18. The summed E-state index contributed by atoms with van der Waals surface area (Å²) in [5, 5.41) is 10.1. The van der Waals surface area contributed by atoms with E-state index in [9.17, 15) is 5.11 Å². The van der Waals surface area contributed by atoms with Crippen molar-refractivity contribution in [3.05, 3.63) is 63.5 Å². The van der Waals surface area contributed by atoms with Gasteiger partial charge < -0.3 is 5.11 Å². The van der Waals surface area contributed by atoms with Crippen LogP contribution in [-0.2, 0) is 0 Å². The molecule has 0 amide bonds. The minimum absolute atomic E-state index is 0.640. The fourth-order valence-corrected chi connectivity index (χ4v) is 2.08. The maximum Gasteiger partial charge on any atom is 0.122 e. The zero-order chi connectivity index (χ0) is 10.7. The van der Waals surface area contributed by atoms with Crippen LogP contribution in [0.4, 0.5) is 0 Å². The smallest absolute Gasteiger partial charge is 0.122 e. The molecule has 76 valence electrons. The van der Waals surface area contributed by atoms with Gasteiger partial charge in [0.1, 0.15) is 6.10 Å². The van der Waals surface area contributed by atoms with Crippen molar-refractivity contribution in [3.63, 3.8) is 0 Å². The lowest BCUT2D eigenvalue weighted by molar-refractivity contribution is 0.214. The fourth-order valence-electron chi connectivity index (χ4n) is 1.39. The summed E-state index contributed by atoms with van der Waals surface area (Å²) in [6, 6.07) is 13.3. The van der Waals surface area contributed by atoms with Crippen molar-refractivity contribution >= 4 is 22.6 Å². The number of nitrogens with zero attached hydrogens (tertiary/aromatic N) is 1. The molecule has 1 heterocycles. The van der Waals surface area contributed by atoms with Gasteiger partial charge in [-0.25, -0.2) is 0 Å². The Morgan fingerprint density at radius 2 is 1.80 bits per heavy atom. The molecule has 0 aliphatic heterocycles. The second-order valence-corrected chi connectivity index (χ2v) is 4.34. The first-order valence-electron chi connectivity index (χ1n) is 4.62. The van der Waals surface area contributed by atoms with Crippen LogP contribution in [0.3, 0.4) is 0 Å². The second kappa shape index (κ2) is 4.72. The molecule has 1 aromatic carbocycles. The Labute approximate surface area is 102 Å². The number of benzene rings is 1. The molecule has 3 heteroatoms. The molecule has 1 atom stereocenters. The minimum atomic E-state index is -0.640. The van der Waals surface area contributed by atoms with Crippen LogP contribution in [0.2, 0.25) is 0 Å². The molecule has 0 aliphatic carbocycles. The molecule has 0 fully saturated rings. The van der Waals surface area contributed by atoms with Crippen molar-refractivity contribution in [2.45, 2.75) is 6.10 Å². The summed E-state index contributed by atoms with van der Waals surface area (Å²) in [6.07, 6.45) is 1.05. The summed E-state index contributed by atoms with van der Waals surface area (Å²) in [5.74, 6) is 0. The van der Waals surface area contributed by atoms with Crippen LogP contribution in [0.15, 0.2) is 48.7 Å². The molecular weight excluding hydrogens is 301 g/mol. The SMILES string of the molecule is OC(c1ccccn1)c1ccccc1I. The Morgan fingerprint density at radius 1 is 1.07 bits per heavy atom. The van der Waals surface area contributed by atoms with Crippen molar-refractivity contribution in [2.75, 3.05) is 0 Å². The van der Waals surface area contributed by atoms with E-state index < -0.39 is 6.10 Å². The monoisotopic (exact) mass is 311 g/mol. The maximum atomic E-state index is 10.1. The van der Waals surface area contributed by atoms with Crippen LogP contribution in [-0.4, -0.2) is 10.1 Å². The van der Waals surface area contributed by atoms with E-state index in [-0.39, 0.29) is 0 Å². The number of aromatic nitrogens is 1. The zero-order valence-corrected chi connectivity index (χ0v) is 10.1. The molecule has 1 unspecified atom stereocenters. The number of rotatable bonds is 2. The van der Waals surface area contributed by atoms with Gasteiger partial charge in [-0.3, -0.25) is 4.98 Å². The maximum absolute atomic E-state index is 10.1. The van der Waals surface area contributed by atoms with Crippen LogP contribution in [0.1, 0.15) is 17.4 Å². The van der Waals surface area contributed by atoms with E-state index in [0.29, 0.717) is 5.69 Å². The van der Waals surface area contributed by atoms with Gasteiger partial charge in [-0.2, -0.15) is 0 Å². The molecule has 0 saturated carbocycles. The van der Waals surface area contributed by atoms with Crippen LogP contribution >= 0.6 is 22.6 Å². The molecule has 1 N–H and O–H groups in total. The predicted octanol–water partition coefficient (Wildman–Crippen LogP) is 2.77. The molecule has 0 spiro atoms. The third kappa shape index (κ3) is 2.35. The van der Waals surface area contributed by atoms with Gasteiger partial charge in [0.25, 0.3) is 0 Å². The third-order valence-corrected chi connectivity index (χ3v) is 3.15. The van der Waals surface area contributed by atoms with Crippen molar-refractivity contribution in [3.8, 4) is 0 Å². The van der Waals surface area contributed by atoms with Crippen LogP contribution < -0.4 is 0 Å². The quantitative estimate of drug-likeness (QED) is 0.865. The minimum Gasteiger partial charge on any atom is -0.382 e. The summed E-state index contributed by atoms with van der Waals surface area (Å²) < 4.78 is 1.05. The average Bonchev–Trinajstić information content (AvgIpc) is 2.30. The van der Waals surface area contributed by atoms with Gasteiger partial charge in [-0.15, -0.1) is 0 Å². The lowest BCUT2D eigenvalue weighted by Gasteiger charge is -2.11. The number of aliphatic hydroxyl groups excluding tert-OH is 1. The number of hydrogen-bond donors (Lipinski definition) is 1. The number of hydrogen-bond acceptors (Lipinski definition) is 2. The van der Waals surface area contributed by atoms with Gasteiger partial charge >= 0.3 is 0 Å². The van der Waals surface area contributed by atoms with Crippen LogP contribution in [0, 0.1) is 3.57 Å². The average molecular weight is 311 g/mol. The van der Waals surface area contributed by atoms with Crippen molar-refractivity contribution in [1.82, 2.24) is 4.98 Å². The normalized spacial score (nSPS) is 12.4. The van der Waals surface area contributed by atoms with Crippen molar-refractivity contribution < 1.29 is 5.11 Å². The number of halogens is 1. The Kier molecular flexibility index (Phi) is 3.33. The standard InChI is InChI=1S/C12H10INO/c13-10-6-2-1-5-9(10)12(15)11-7-3-4-8-14-11/h1-8,12,15H. The van der Waals surface area contributed by atoms with E-state index in [1.165, 1.54) is 0 Å². The highest BCUT2D eigenvalue weighted by Gasteiger charge is 2.13. The summed E-state index contributed by atoms with van der Waals surface area (Å²) in [5.41, 5.74) is 1.58. The van der Waals surface area contributed by atoms with E-state index in [1.54, 1.807) is 6.20 Å². The molecule has 2 nitrogen and oxygen atoms in total. The largest absolute Gasteiger partial charge is 0.382 e. The molecule has 0 saturated heterocycles. The first-order chi connectivity index (χ1) is 7.29. The molecular formula is C12H10INO. The highest BCUT2D eigenvalue weighted by atomic mass is 127. The highest BCUT2D eigenvalue weighted by molar-refractivity contribution is 14.1. The van der Waals surface area contributed by atoms with E-state index in [4.69, 9.17) is 0 Å². The molecule has 1 aromatic heterocycles. The predicted molar refractivity (Wildman–Crippen MR) is 67.5 cm³/mol.